The summed E-state index contributed by atoms with van der Waals surface area (Å²) in [5, 5.41) is 4.41. The minimum Gasteiger partial charge on any atom is -0.357 e. The lowest BCUT2D eigenvalue weighted by Gasteiger charge is -2.19. The van der Waals surface area contributed by atoms with Crippen LogP contribution in [0, 0.1) is 6.92 Å². The molecular weight excluding hydrogens is 228 g/mol. The minimum absolute atomic E-state index is 0.0538. The van der Waals surface area contributed by atoms with Gasteiger partial charge in [-0.15, -0.1) is 0 Å². The van der Waals surface area contributed by atoms with Crippen LogP contribution in [0.4, 0.5) is 5.13 Å². The summed E-state index contributed by atoms with van der Waals surface area (Å²) in [4.78, 5) is 5.83. The van der Waals surface area contributed by atoms with E-state index in [2.05, 4.69) is 62.3 Å². The van der Waals surface area contributed by atoms with Gasteiger partial charge < -0.3 is 5.32 Å². The normalized spacial score (nSPS) is 11.5. The molecule has 0 saturated carbocycles. The number of nitrogens with zero attached hydrogens (tertiary/aromatic N) is 1. The van der Waals surface area contributed by atoms with Crippen LogP contribution < -0.4 is 5.32 Å². The molecule has 0 aliphatic heterocycles. The number of benzene rings is 1. The predicted molar refractivity (Wildman–Crippen MR) is 75.7 cm³/mol. The van der Waals surface area contributed by atoms with E-state index in [1.54, 1.807) is 11.3 Å². The van der Waals surface area contributed by atoms with Gasteiger partial charge >= 0.3 is 0 Å². The third kappa shape index (κ3) is 3.07. The maximum Gasteiger partial charge on any atom is 0.183 e. The molecule has 0 atom stereocenters. The van der Waals surface area contributed by atoms with Crippen LogP contribution in [-0.4, -0.2) is 10.5 Å². The second kappa shape index (κ2) is 4.49. The molecule has 0 aliphatic rings. The number of hydrogen-bond donors (Lipinski definition) is 1. The van der Waals surface area contributed by atoms with Crippen molar-refractivity contribution in [2.24, 2.45) is 0 Å². The molecule has 0 bridgehead atoms. The van der Waals surface area contributed by atoms with E-state index < -0.39 is 0 Å². The SMILES string of the molecule is Cc1nc(NC(C)(C)C)sc1-c1ccccc1. The van der Waals surface area contributed by atoms with Crippen molar-refractivity contribution in [2.45, 2.75) is 33.2 Å². The molecule has 0 radical (unpaired) electrons. The molecule has 0 fully saturated rings. The molecule has 3 heteroatoms. The Labute approximate surface area is 107 Å². The fourth-order valence-corrected chi connectivity index (χ4v) is 2.81. The zero-order valence-corrected chi connectivity index (χ0v) is 11.6. The van der Waals surface area contributed by atoms with E-state index in [9.17, 15) is 0 Å². The molecule has 0 aliphatic carbocycles. The van der Waals surface area contributed by atoms with E-state index in [0.717, 1.165) is 10.8 Å². The number of anilines is 1. The van der Waals surface area contributed by atoms with Gasteiger partial charge in [-0.1, -0.05) is 41.7 Å². The predicted octanol–water partition coefficient (Wildman–Crippen LogP) is 4.33. The summed E-state index contributed by atoms with van der Waals surface area (Å²) >= 11 is 1.72. The lowest BCUT2D eigenvalue weighted by molar-refractivity contribution is 0.633. The van der Waals surface area contributed by atoms with Crippen molar-refractivity contribution in [3.63, 3.8) is 0 Å². The fraction of sp³-hybridized carbons (Fsp3) is 0.357. The molecule has 2 nitrogen and oxygen atoms in total. The highest BCUT2D eigenvalue weighted by Crippen LogP contribution is 2.33. The summed E-state index contributed by atoms with van der Waals surface area (Å²) in [6.45, 7) is 8.50. The average Bonchev–Trinajstić information content (AvgIpc) is 2.58. The number of thiazole rings is 1. The van der Waals surface area contributed by atoms with Gasteiger partial charge in [0.15, 0.2) is 5.13 Å². The van der Waals surface area contributed by atoms with Crippen LogP contribution in [0.5, 0.6) is 0 Å². The van der Waals surface area contributed by atoms with Crippen molar-refractivity contribution in [3.8, 4) is 10.4 Å². The molecule has 1 aromatic heterocycles. The van der Waals surface area contributed by atoms with Gasteiger partial charge in [-0.2, -0.15) is 0 Å². The Bertz CT molecular complexity index is 495. The van der Waals surface area contributed by atoms with E-state index in [4.69, 9.17) is 0 Å². The van der Waals surface area contributed by atoms with E-state index in [1.165, 1.54) is 10.4 Å². The Morgan fingerprint density at radius 3 is 2.35 bits per heavy atom. The summed E-state index contributed by atoms with van der Waals surface area (Å²) in [6.07, 6.45) is 0. The second-order valence-electron chi connectivity index (χ2n) is 5.17. The summed E-state index contributed by atoms with van der Waals surface area (Å²) < 4.78 is 0. The molecule has 0 saturated heterocycles. The Morgan fingerprint density at radius 1 is 1.12 bits per heavy atom. The molecule has 1 heterocycles. The third-order valence-corrected chi connectivity index (χ3v) is 3.44. The molecule has 2 rings (SSSR count). The van der Waals surface area contributed by atoms with Gasteiger partial charge in [0.1, 0.15) is 0 Å². The second-order valence-corrected chi connectivity index (χ2v) is 6.17. The van der Waals surface area contributed by atoms with Crippen LogP contribution in [0.25, 0.3) is 10.4 Å². The zero-order valence-electron chi connectivity index (χ0n) is 10.7. The first kappa shape index (κ1) is 12.1. The lowest BCUT2D eigenvalue weighted by Crippen LogP contribution is -2.25. The highest BCUT2D eigenvalue weighted by atomic mass is 32.1. The van der Waals surface area contributed by atoms with E-state index >= 15 is 0 Å². The quantitative estimate of drug-likeness (QED) is 0.853. The summed E-state index contributed by atoms with van der Waals surface area (Å²) in [5.74, 6) is 0. The maximum atomic E-state index is 4.58. The van der Waals surface area contributed by atoms with Crippen LogP contribution in [0.15, 0.2) is 30.3 Å². The standard InChI is InChI=1S/C14H18N2S/c1-10-12(11-8-6-5-7-9-11)17-13(15-10)16-14(2,3)4/h5-9H,1-4H3,(H,15,16). The molecular formula is C14H18N2S. The first-order chi connectivity index (χ1) is 7.96. The third-order valence-electron chi connectivity index (χ3n) is 2.31. The van der Waals surface area contributed by atoms with Crippen LogP contribution >= 0.6 is 11.3 Å². The number of aromatic nitrogens is 1. The highest BCUT2D eigenvalue weighted by molar-refractivity contribution is 7.19. The number of nitrogens with one attached hydrogen (secondary N) is 1. The Balaban J connectivity index is 2.32. The highest BCUT2D eigenvalue weighted by Gasteiger charge is 2.14. The Morgan fingerprint density at radius 2 is 1.76 bits per heavy atom. The first-order valence-electron chi connectivity index (χ1n) is 5.77. The van der Waals surface area contributed by atoms with Crippen molar-refractivity contribution in [1.29, 1.82) is 0 Å². The number of aryl methyl sites for hydroxylation is 1. The van der Waals surface area contributed by atoms with Crippen molar-refractivity contribution < 1.29 is 0 Å². The van der Waals surface area contributed by atoms with Crippen molar-refractivity contribution in [3.05, 3.63) is 36.0 Å². The smallest absolute Gasteiger partial charge is 0.183 e. The van der Waals surface area contributed by atoms with Gasteiger partial charge in [0.25, 0.3) is 0 Å². The fourth-order valence-electron chi connectivity index (χ4n) is 1.63. The number of rotatable bonds is 2. The van der Waals surface area contributed by atoms with Crippen LogP contribution in [0.1, 0.15) is 26.5 Å². The van der Waals surface area contributed by atoms with Crippen LogP contribution in [0.3, 0.4) is 0 Å². The maximum absolute atomic E-state index is 4.58. The van der Waals surface area contributed by atoms with Gasteiger partial charge in [0.2, 0.25) is 0 Å². The van der Waals surface area contributed by atoms with Gasteiger partial charge in [-0.3, -0.25) is 0 Å². The Hall–Kier alpha value is -1.35. The van der Waals surface area contributed by atoms with Gasteiger partial charge in [0, 0.05) is 5.54 Å². The van der Waals surface area contributed by atoms with Gasteiger partial charge in [-0.05, 0) is 33.3 Å². The summed E-state index contributed by atoms with van der Waals surface area (Å²) in [5.41, 5.74) is 2.38. The average molecular weight is 246 g/mol. The minimum atomic E-state index is 0.0538. The lowest BCUT2D eigenvalue weighted by atomic mass is 10.1. The van der Waals surface area contributed by atoms with Gasteiger partial charge in [-0.25, -0.2) is 4.98 Å². The van der Waals surface area contributed by atoms with Crippen molar-refractivity contribution in [2.75, 3.05) is 5.32 Å². The monoisotopic (exact) mass is 246 g/mol. The first-order valence-corrected chi connectivity index (χ1v) is 6.58. The van der Waals surface area contributed by atoms with Crippen LogP contribution in [-0.2, 0) is 0 Å². The molecule has 0 spiro atoms. The number of hydrogen-bond acceptors (Lipinski definition) is 3. The molecule has 1 N–H and O–H groups in total. The van der Waals surface area contributed by atoms with Crippen LogP contribution in [0.2, 0.25) is 0 Å². The Kier molecular flexibility index (Phi) is 3.20. The van der Waals surface area contributed by atoms with E-state index in [-0.39, 0.29) is 5.54 Å². The van der Waals surface area contributed by atoms with Crippen molar-refractivity contribution in [1.82, 2.24) is 4.98 Å². The summed E-state index contributed by atoms with van der Waals surface area (Å²) in [6, 6.07) is 10.4. The largest absolute Gasteiger partial charge is 0.357 e. The van der Waals surface area contributed by atoms with E-state index in [0.29, 0.717) is 0 Å². The molecule has 90 valence electrons. The molecule has 1 aromatic carbocycles. The molecule has 0 unspecified atom stereocenters. The molecule has 17 heavy (non-hydrogen) atoms. The zero-order chi connectivity index (χ0) is 12.5. The summed E-state index contributed by atoms with van der Waals surface area (Å²) in [7, 11) is 0. The topological polar surface area (TPSA) is 24.9 Å². The van der Waals surface area contributed by atoms with Gasteiger partial charge in [0.05, 0.1) is 10.6 Å². The molecule has 0 amide bonds. The van der Waals surface area contributed by atoms with Crippen molar-refractivity contribution >= 4 is 16.5 Å². The van der Waals surface area contributed by atoms with E-state index in [1.807, 2.05) is 6.07 Å². The molecule has 2 aromatic rings.